The van der Waals surface area contributed by atoms with Crippen LogP contribution >= 0.6 is 17.0 Å². The summed E-state index contributed by atoms with van der Waals surface area (Å²) in [5, 5.41) is 0. The fourth-order valence-corrected chi connectivity index (χ4v) is 3.34. The number of hydrogen-bond donors (Lipinski definition) is 0. The van der Waals surface area contributed by atoms with Gasteiger partial charge in [-0.3, -0.25) is 9.69 Å². The maximum atomic E-state index is 12.4. The number of benzene rings is 1. The van der Waals surface area contributed by atoms with Gasteiger partial charge in [-0.2, -0.15) is 4.57 Å². The fourth-order valence-electron chi connectivity index (χ4n) is 3.34. The molecule has 3 rings (SSSR count). The van der Waals surface area contributed by atoms with Crippen molar-refractivity contribution in [2.75, 3.05) is 6.61 Å². The summed E-state index contributed by atoms with van der Waals surface area (Å²) in [4.78, 5) is 26.0. The van der Waals surface area contributed by atoms with Gasteiger partial charge in [-0.05, 0) is 26.3 Å². The number of allylic oxidation sites excluding steroid dienone is 4. The van der Waals surface area contributed by atoms with Crippen LogP contribution in [-0.4, -0.2) is 23.4 Å². The first-order valence-corrected chi connectivity index (χ1v) is 9.40. The van der Waals surface area contributed by atoms with Crippen LogP contribution in [0.25, 0.3) is 0 Å². The van der Waals surface area contributed by atoms with Gasteiger partial charge in [0.2, 0.25) is 12.3 Å². The zero-order valence-electron chi connectivity index (χ0n) is 17.2. The predicted molar refractivity (Wildman–Crippen MR) is 117 cm³/mol. The molecule has 0 bridgehead atoms. The van der Waals surface area contributed by atoms with Crippen LogP contribution in [0.1, 0.15) is 42.6 Å². The van der Waals surface area contributed by atoms with Crippen LogP contribution in [0.3, 0.4) is 0 Å². The van der Waals surface area contributed by atoms with Crippen molar-refractivity contribution in [3.63, 3.8) is 0 Å². The van der Waals surface area contributed by atoms with Gasteiger partial charge in [-0.1, -0.05) is 42.5 Å². The monoisotopic (exact) mass is 536 g/mol. The van der Waals surface area contributed by atoms with Crippen LogP contribution < -0.4 is 21.5 Å². The van der Waals surface area contributed by atoms with Gasteiger partial charge in [0.15, 0.2) is 12.4 Å². The highest BCUT2D eigenvalue weighted by Gasteiger charge is 2.24. The van der Waals surface area contributed by atoms with E-state index in [2.05, 4.69) is 0 Å². The highest BCUT2D eigenvalue weighted by molar-refractivity contribution is 8.93. The lowest BCUT2D eigenvalue weighted by molar-refractivity contribution is -0.683. The molecule has 0 saturated heterocycles. The number of carbonyl (C=O) groups is 2. The number of hydrogen-bond acceptors (Lipinski definition) is 3. The molecule has 1 aromatic carbocycles. The molecule has 5 nitrogen and oxygen atoms in total. The molecule has 1 amide bonds. The molecule has 30 heavy (non-hydrogen) atoms. The zero-order valence-corrected chi connectivity index (χ0v) is 20.5. The molecule has 2 aromatic rings. The topological polar surface area (TPSA) is 50.5 Å². The van der Waals surface area contributed by atoms with E-state index in [-0.39, 0.29) is 51.8 Å². The smallest absolute Gasteiger partial charge is 0.418 e. The molecule has 0 unspecified atom stereocenters. The molecule has 0 atom stereocenters. The lowest BCUT2D eigenvalue weighted by Gasteiger charge is -2.29. The Morgan fingerprint density at radius 2 is 1.57 bits per heavy atom. The van der Waals surface area contributed by atoms with E-state index in [0.717, 1.165) is 17.0 Å². The predicted octanol–water partition coefficient (Wildman–Crippen LogP) is 1.80. The summed E-state index contributed by atoms with van der Waals surface area (Å²) >= 11 is 0. The average molecular weight is 538 g/mol. The summed E-state index contributed by atoms with van der Waals surface area (Å²) in [6.07, 6.45) is 7.56. The summed E-state index contributed by atoms with van der Waals surface area (Å²) < 4.78 is 7.00. The van der Waals surface area contributed by atoms with Crippen LogP contribution in [0.5, 0.6) is 0 Å². The van der Waals surface area contributed by atoms with Gasteiger partial charge >= 0.3 is 6.09 Å². The van der Waals surface area contributed by atoms with Gasteiger partial charge in [0.05, 0.1) is 6.61 Å². The normalized spacial score (nSPS) is 13.4. The number of aromatic nitrogens is 1. The van der Waals surface area contributed by atoms with Crippen LogP contribution in [0.15, 0.2) is 78.4 Å². The third-order valence-corrected chi connectivity index (χ3v) is 4.72. The first-order valence-electron chi connectivity index (χ1n) is 9.40. The molecular weight excluding hydrogens is 512 g/mol. The second kappa shape index (κ2) is 11.8. The second-order valence-electron chi connectivity index (χ2n) is 6.77. The minimum Gasteiger partial charge on any atom is -1.00 e. The number of halogens is 2. The molecule has 0 N–H and O–H groups in total. The highest BCUT2D eigenvalue weighted by atomic mass is 79.9. The number of ether oxygens (including phenoxy) is 1. The molecule has 7 heteroatoms. The fraction of sp³-hybridized carbons (Fsp3) is 0.261. The van der Waals surface area contributed by atoms with Crippen LogP contribution in [0, 0.1) is 0 Å². The van der Waals surface area contributed by atoms with Crippen molar-refractivity contribution in [3.8, 4) is 0 Å². The first kappa shape index (κ1) is 25.8. The molecule has 2 heterocycles. The first-order chi connectivity index (χ1) is 13.5. The molecule has 160 valence electrons. The van der Waals surface area contributed by atoms with E-state index in [9.17, 15) is 9.59 Å². The number of pyridine rings is 1. The van der Waals surface area contributed by atoms with Crippen molar-refractivity contribution in [2.45, 2.75) is 33.2 Å². The van der Waals surface area contributed by atoms with Crippen LogP contribution in [0.2, 0.25) is 0 Å². The Balaban J connectivity index is 0.00000225. The molecule has 0 aliphatic carbocycles. The molecular formula is C23H26Br2N2O3. The second-order valence-corrected chi connectivity index (χ2v) is 6.77. The van der Waals surface area contributed by atoms with E-state index in [1.807, 2.05) is 85.4 Å². The third-order valence-electron chi connectivity index (χ3n) is 4.72. The molecule has 0 spiro atoms. The van der Waals surface area contributed by atoms with E-state index in [1.54, 1.807) is 11.8 Å². The summed E-state index contributed by atoms with van der Waals surface area (Å²) in [5.41, 5.74) is 3.51. The molecule has 1 aliphatic heterocycles. The van der Waals surface area contributed by atoms with Gasteiger partial charge in [0, 0.05) is 35.0 Å². The van der Waals surface area contributed by atoms with E-state index in [1.165, 1.54) is 0 Å². The quantitative estimate of drug-likeness (QED) is 0.432. The lowest BCUT2D eigenvalue weighted by atomic mass is 9.95. The minimum atomic E-state index is -0.353. The van der Waals surface area contributed by atoms with Crippen molar-refractivity contribution in [1.29, 1.82) is 0 Å². The highest BCUT2D eigenvalue weighted by Crippen LogP contribution is 2.30. The van der Waals surface area contributed by atoms with E-state index >= 15 is 0 Å². The molecule has 1 aromatic heterocycles. The maximum Gasteiger partial charge on any atom is 0.418 e. The average Bonchev–Trinajstić information content (AvgIpc) is 2.69. The van der Waals surface area contributed by atoms with Crippen molar-refractivity contribution >= 4 is 28.9 Å². The molecule has 0 saturated carbocycles. The number of amides is 1. The summed E-state index contributed by atoms with van der Waals surface area (Å²) in [6.45, 7) is 6.25. The van der Waals surface area contributed by atoms with Crippen molar-refractivity contribution in [1.82, 2.24) is 4.90 Å². The standard InChI is InChI=1S/C23H25N2O3.2BrH/c1-4-28-23(27)25-17(2)14-21(15-18(25)3)19-10-12-24(13-11-19)16-22(26)20-8-6-5-7-9-20;;/h5-15,21H,4,16H2,1-3H3;2*1H/q+1;;/p-1. The largest absolute Gasteiger partial charge is 1.00 e. The van der Waals surface area contributed by atoms with Gasteiger partial charge in [0.25, 0.3) is 0 Å². The maximum absolute atomic E-state index is 12.4. The molecule has 0 radical (unpaired) electrons. The Hall–Kier alpha value is -2.25. The van der Waals surface area contributed by atoms with Crippen molar-refractivity contribution in [2.24, 2.45) is 0 Å². The van der Waals surface area contributed by atoms with Crippen molar-refractivity contribution < 1.29 is 35.9 Å². The number of Topliss-reactive ketones (excluding diaryl/α,β-unsaturated/α-hetero) is 1. The number of nitrogens with zero attached hydrogens (tertiary/aromatic N) is 2. The van der Waals surface area contributed by atoms with Gasteiger partial charge in [-0.15, -0.1) is 17.0 Å². The Morgan fingerprint density at radius 3 is 2.10 bits per heavy atom. The van der Waals surface area contributed by atoms with E-state index in [4.69, 9.17) is 4.74 Å². The minimum absolute atomic E-state index is 0. The Labute approximate surface area is 198 Å². The lowest BCUT2D eigenvalue weighted by Crippen LogP contribution is -3.00. The van der Waals surface area contributed by atoms with Gasteiger partial charge in [0.1, 0.15) is 0 Å². The number of rotatable bonds is 5. The molecule has 1 aliphatic rings. The zero-order chi connectivity index (χ0) is 20.1. The van der Waals surface area contributed by atoms with Crippen LogP contribution in [-0.2, 0) is 11.3 Å². The molecule has 0 fully saturated rings. The Kier molecular flexibility index (Phi) is 10.2. The van der Waals surface area contributed by atoms with E-state index in [0.29, 0.717) is 18.7 Å². The van der Waals surface area contributed by atoms with Crippen LogP contribution in [0.4, 0.5) is 4.79 Å². The number of carbonyl (C=O) groups excluding carboxylic acids is 2. The number of ketones is 1. The summed E-state index contributed by atoms with van der Waals surface area (Å²) in [5.74, 6) is 0.151. The Morgan fingerprint density at radius 1 is 1.00 bits per heavy atom. The summed E-state index contributed by atoms with van der Waals surface area (Å²) in [7, 11) is 0. The summed E-state index contributed by atoms with van der Waals surface area (Å²) in [6, 6.07) is 13.3. The SMILES string of the molecule is Br.CCOC(=O)N1C(C)=CC(c2cc[n+](CC(=O)c3ccccc3)cc2)C=C1C.[Br-]. The van der Waals surface area contributed by atoms with Crippen molar-refractivity contribution in [3.05, 3.63) is 89.5 Å². The van der Waals surface area contributed by atoms with Gasteiger partial charge in [-0.25, -0.2) is 4.79 Å². The van der Waals surface area contributed by atoms with Gasteiger partial charge < -0.3 is 21.7 Å². The van der Waals surface area contributed by atoms with E-state index < -0.39 is 0 Å². The Bertz CT molecular complexity index is 905. The third kappa shape index (κ3) is 6.12.